The van der Waals surface area contributed by atoms with Gasteiger partial charge in [-0.05, 0) is 24.6 Å². The number of hydrogen-bond donors (Lipinski definition) is 2. The number of amides is 1. The maximum absolute atomic E-state index is 12.7. The SMILES string of the molecule is O=C(Nc1ccc(C2CNCCO2)nc1)C1=CC(C(F)(F)F)=NCC1. The summed E-state index contributed by atoms with van der Waals surface area (Å²) in [4.78, 5) is 19.8. The molecular formula is C16H17F3N4O2. The number of rotatable bonds is 3. The molecule has 0 radical (unpaired) electrons. The normalized spacial score (nSPS) is 21.3. The number of carbonyl (C=O) groups excluding carboxylic acids is 1. The number of nitrogens with one attached hydrogen (secondary N) is 2. The number of alkyl halides is 3. The first-order valence-electron chi connectivity index (χ1n) is 7.85. The molecule has 1 unspecified atom stereocenters. The van der Waals surface area contributed by atoms with Crippen LogP contribution < -0.4 is 10.6 Å². The van der Waals surface area contributed by atoms with Crippen LogP contribution in [0.1, 0.15) is 18.2 Å². The third-order valence-electron chi connectivity index (χ3n) is 3.86. The van der Waals surface area contributed by atoms with Gasteiger partial charge in [0, 0.05) is 25.2 Å². The second-order valence-corrected chi connectivity index (χ2v) is 5.67. The number of ether oxygens (including phenoxy) is 1. The molecule has 6 nitrogen and oxygen atoms in total. The highest BCUT2D eigenvalue weighted by Crippen LogP contribution is 2.23. The molecule has 1 fully saturated rings. The maximum atomic E-state index is 12.7. The van der Waals surface area contributed by atoms with Gasteiger partial charge in [0.15, 0.2) is 0 Å². The monoisotopic (exact) mass is 354 g/mol. The van der Waals surface area contributed by atoms with Crippen molar-refractivity contribution in [2.45, 2.75) is 18.7 Å². The Balaban J connectivity index is 1.65. The summed E-state index contributed by atoms with van der Waals surface area (Å²) in [6.45, 7) is 1.99. The summed E-state index contributed by atoms with van der Waals surface area (Å²) in [5.41, 5.74) is 0.161. The van der Waals surface area contributed by atoms with E-state index in [1.54, 1.807) is 12.1 Å². The summed E-state index contributed by atoms with van der Waals surface area (Å²) in [5.74, 6) is -0.582. The maximum Gasteiger partial charge on any atom is 0.432 e. The highest BCUT2D eigenvalue weighted by molar-refractivity contribution is 6.11. The fraction of sp³-hybridized carbons (Fsp3) is 0.438. The summed E-state index contributed by atoms with van der Waals surface area (Å²) >= 11 is 0. The zero-order chi connectivity index (χ0) is 17.9. The summed E-state index contributed by atoms with van der Waals surface area (Å²) in [6, 6.07) is 3.38. The molecule has 0 aromatic carbocycles. The van der Waals surface area contributed by atoms with Gasteiger partial charge in [-0.3, -0.25) is 14.8 Å². The van der Waals surface area contributed by atoms with Crippen LogP contribution in [0.3, 0.4) is 0 Å². The second kappa shape index (κ2) is 7.32. The number of morpholine rings is 1. The molecule has 0 bridgehead atoms. The third kappa shape index (κ3) is 4.43. The van der Waals surface area contributed by atoms with Gasteiger partial charge in [0.1, 0.15) is 11.8 Å². The van der Waals surface area contributed by atoms with Gasteiger partial charge < -0.3 is 15.4 Å². The number of nitrogens with zero attached hydrogens (tertiary/aromatic N) is 2. The number of aromatic nitrogens is 1. The van der Waals surface area contributed by atoms with Crippen molar-refractivity contribution in [3.8, 4) is 0 Å². The van der Waals surface area contributed by atoms with Crippen LogP contribution >= 0.6 is 0 Å². The average molecular weight is 354 g/mol. The first-order valence-corrected chi connectivity index (χ1v) is 7.85. The summed E-state index contributed by atoms with van der Waals surface area (Å²) in [6.07, 6.45) is -2.28. The predicted octanol–water partition coefficient (Wildman–Crippen LogP) is 2.01. The largest absolute Gasteiger partial charge is 0.432 e. The van der Waals surface area contributed by atoms with E-state index < -0.39 is 17.8 Å². The molecule has 3 rings (SSSR count). The van der Waals surface area contributed by atoms with Crippen molar-refractivity contribution in [1.82, 2.24) is 10.3 Å². The van der Waals surface area contributed by atoms with Crippen LogP contribution in [-0.4, -0.2) is 49.0 Å². The Hall–Kier alpha value is -2.26. The Labute approximate surface area is 142 Å². The molecule has 2 aliphatic heterocycles. The average Bonchev–Trinajstić information content (AvgIpc) is 2.62. The second-order valence-electron chi connectivity index (χ2n) is 5.67. The van der Waals surface area contributed by atoms with Gasteiger partial charge in [-0.15, -0.1) is 0 Å². The van der Waals surface area contributed by atoms with E-state index in [4.69, 9.17) is 4.74 Å². The van der Waals surface area contributed by atoms with Crippen LogP contribution in [0, 0.1) is 0 Å². The van der Waals surface area contributed by atoms with Gasteiger partial charge in [0.2, 0.25) is 0 Å². The van der Waals surface area contributed by atoms with E-state index in [0.717, 1.165) is 18.3 Å². The van der Waals surface area contributed by atoms with Gasteiger partial charge in [-0.1, -0.05) is 0 Å². The van der Waals surface area contributed by atoms with Crippen molar-refractivity contribution in [3.63, 3.8) is 0 Å². The molecule has 1 amide bonds. The van der Waals surface area contributed by atoms with E-state index in [-0.39, 0.29) is 24.6 Å². The van der Waals surface area contributed by atoms with Gasteiger partial charge in [-0.25, -0.2) is 0 Å². The van der Waals surface area contributed by atoms with Gasteiger partial charge in [0.25, 0.3) is 5.91 Å². The minimum atomic E-state index is -4.55. The van der Waals surface area contributed by atoms with Crippen molar-refractivity contribution >= 4 is 17.3 Å². The fourth-order valence-corrected chi connectivity index (χ4v) is 2.57. The topological polar surface area (TPSA) is 75.6 Å². The third-order valence-corrected chi connectivity index (χ3v) is 3.86. The summed E-state index contributed by atoms with van der Waals surface area (Å²) < 4.78 is 43.7. The van der Waals surface area contributed by atoms with E-state index in [0.29, 0.717) is 18.8 Å². The standard InChI is InChI=1S/C16H17F3N4O2/c17-16(18,19)14-7-10(3-4-21-14)15(24)23-11-1-2-12(22-8-11)13-9-20-5-6-25-13/h1-2,7-8,13,20H,3-6,9H2,(H,23,24). The minimum absolute atomic E-state index is 0.0474. The molecule has 134 valence electrons. The quantitative estimate of drug-likeness (QED) is 0.871. The van der Waals surface area contributed by atoms with Crippen molar-refractivity contribution in [1.29, 1.82) is 0 Å². The van der Waals surface area contributed by atoms with E-state index in [1.807, 2.05) is 0 Å². The molecule has 1 aromatic heterocycles. The molecule has 1 aromatic rings. The molecule has 0 saturated carbocycles. The van der Waals surface area contributed by atoms with Crippen LogP contribution in [0.2, 0.25) is 0 Å². The highest BCUT2D eigenvalue weighted by Gasteiger charge is 2.36. The first kappa shape index (κ1) is 17.6. The highest BCUT2D eigenvalue weighted by atomic mass is 19.4. The number of halogens is 3. The molecule has 0 aliphatic carbocycles. The number of anilines is 1. The number of hydrogen-bond acceptors (Lipinski definition) is 5. The van der Waals surface area contributed by atoms with Crippen molar-refractivity contribution in [2.75, 3.05) is 31.6 Å². The van der Waals surface area contributed by atoms with Crippen LogP contribution in [0.5, 0.6) is 0 Å². The fourth-order valence-electron chi connectivity index (χ4n) is 2.57. The van der Waals surface area contributed by atoms with Crippen LogP contribution in [-0.2, 0) is 9.53 Å². The van der Waals surface area contributed by atoms with Crippen LogP contribution in [0.25, 0.3) is 0 Å². The molecule has 0 spiro atoms. The molecular weight excluding hydrogens is 337 g/mol. The Kier molecular flexibility index (Phi) is 5.14. The molecule has 1 saturated heterocycles. The smallest absolute Gasteiger partial charge is 0.369 e. The zero-order valence-electron chi connectivity index (χ0n) is 13.3. The number of carbonyl (C=O) groups is 1. The number of allylic oxidation sites excluding steroid dienone is 1. The lowest BCUT2D eigenvalue weighted by atomic mass is 10.1. The summed E-state index contributed by atoms with van der Waals surface area (Å²) in [7, 11) is 0. The number of dihydropyridines is 1. The van der Waals surface area contributed by atoms with Gasteiger partial charge >= 0.3 is 6.18 Å². The predicted molar refractivity (Wildman–Crippen MR) is 85.5 cm³/mol. The zero-order valence-corrected chi connectivity index (χ0v) is 13.3. The Morgan fingerprint density at radius 1 is 1.36 bits per heavy atom. The molecule has 1 atom stereocenters. The molecule has 3 heterocycles. The van der Waals surface area contributed by atoms with Crippen molar-refractivity contribution in [2.24, 2.45) is 4.99 Å². The van der Waals surface area contributed by atoms with Crippen LogP contribution in [0.15, 0.2) is 35.0 Å². The van der Waals surface area contributed by atoms with E-state index in [2.05, 4.69) is 20.6 Å². The van der Waals surface area contributed by atoms with Crippen molar-refractivity contribution < 1.29 is 22.7 Å². The Morgan fingerprint density at radius 3 is 2.84 bits per heavy atom. The molecule has 9 heteroatoms. The van der Waals surface area contributed by atoms with Crippen LogP contribution in [0.4, 0.5) is 18.9 Å². The van der Waals surface area contributed by atoms with Gasteiger partial charge in [-0.2, -0.15) is 13.2 Å². The molecule has 2 N–H and O–H groups in total. The molecule has 25 heavy (non-hydrogen) atoms. The van der Waals surface area contributed by atoms with Gasteiger partial charge in [0.05, 0.1) is 24.2 Å². The first-order chi connectivity index (χ1) is 11.9. The van der Waals surface area contributed by atoms with E-state index in [1.165, 1.54) is 6.20 Å². The lowest BCUT2D eigenvalue weighted by Gasteiger charge is -2.23. The van der Waals surface area contributed by atoms with E-state index in [9.17, 15) is 18.0 Å². The minimum Gasteiger partial charge on any atom is -0.369 e. The van der Waals surface area contributed by atoms with Crippen molar-refractivity contribution in [3.05, 3.63) is 35.7 Å². The Bertz CT molecular complexity index is 692. The molecule has 2 aliphatic rings. The number of aliphatic imine (C=N–C) groups is 1. The lowest BCUT2D eigenvalue weighted by Crippen LogP contribution is -2.33. The Morgan fingerprint density at radius 2 is 2.20 bits per heavy atom. The summed E-state index contributed by atoms with van der Waals surface area (Å²) in [5, 5.41) is 5.76. The number of pyridine rings is 1. The van der Waals surface area contributed by atoms with E-state index >= 15 is 0 Å². The lowest BCUT2D eigenvalue weighted by molar-refractivity contribution is -0.113.